The third-order valence-electron chi connectivity index (χ3n) is 4.91. The van der Waals surface area contributed by atoms with Crippen molar-refractivity contribution < 1.29 is 9.72 Å². The molecule has 3 rings (SSSR count). The number of hydrazone groups is 1. The summed E-state index contributed by atoms with van der Waals surface area (Å²) in [6.07, 6.45) is 1.65. The molecule has 32 heavy (non-hydrogen) atoms. The molecule has 0 aliphatic heterocycles. The Morgan fingerprint density at radius 2 is 1.91 bits per heavy atom. The molecule has 0 aliphatic carbocycles. The van der Waals surface area contributed by atoms with E-state index in [1.807, 2.05) is 19.9 Å². The van der Waals surface area contributed by atoms with Gasteiger partial charge in [0.15, 0.2) is 0 Å². The number of nitro groups is 1. The first kappa shape index (κ1) is 23.7. The van der Waals surface area contributed by atoms with Crippen molar-refractivity contribution in [3.05, 3.63) is 91.2 Å². The maximum Gasteiger partial charge on any atom is 0.269 e. The monoisotopic (exact) mass is 514 g/mol. The highest BCUT2D eigenvalue weighted by Crippen LogP contribution is 2.29. The van der Waals surface area contributed by atoms with Crippen LogP contribution in [0.2, 0.25) is 0 Å². The molecule has 9 heteroatoms. The van der Waals surface area contributed by atoms with Crippen LogP contribution in [0.15, 0.2) is 58.1 Å². The molecule has 7 nitrogen and oxygen atoms in total. The zero-order valence-electron chi connectivity index (χ0n) is 18.0. The van der Waals surface area contributed by atoms with E-state index in [1.54, 1.807) is 18.3 Å². The van der Waals surface area contributed by atoms with Crippen LogP contribution in [-0.2, 0) is 10.5 Å². The van der Waals surface area contributed by atoms with Crippen molar-refractivity contribution >= 4 is 45.5 Å². The Morgan fingerprint density at radius 3 is 2.56 bits per heavy atom. The van der Waals surface area contributed by atoms with Crippen molar-refractivity contribution in [2.45, 2.75) is 26.5 Å². The molecular weight excluding hydrogens is 492 g/mol. The summed E-state index contributed by atoms with van der Waals surface area (Å²) in [5.74, 6) is 0.604. The Kier molecular flexibility index (Phi) is 7.87. The summed E-state index contributed by atoms with van der Waals surface area (Å²) >= 11 is 5.06. The summed E-state index contributed by atoms with van der Waals surface area (Å²) in [5, 5.41) is 14.8. The van der Waals surface area contributed by atoms with Gasteiger partial charge in [0.2, 0.25) is 5.91 Å². The second-order valence-electron chi connectivity index (χ2n) is 7.28. The van der Waals surface area contributed by atoms with E-state index in [4.69, 9.17) is 0 Å². The Labute approximate surface area is 199 Å². The van der Waals surface area contributed by atoms with Crippen LogP contribution >= 0.6 is 27.7 Å². The van der Waals surface area contributed by atoms with E-state index >= 15 is 0 Å². The van der Waals surface area contributed by atoms with Gasteiger partial charge in [-0.2, -0.15) is 5.10 Å². The molecule has 1 aromatic heterocycles. The van der Waals surface area contributed by atoms with Gasteiger partial charge in [-0.25, -0.2) is 5.43 Å². The van der Waals surface area contributed by atoms with Crippen molar-refractivity contribution in [2.24, 2.45) is 5.10 Å². The number of carbonyl (C=O) groups excluding carboxylic acids is 1. The summed E-state index contributed by atoms with van der Waals surface area (Å²) in [6, 6.07) is 14.6. The Hall–Kier alpha value is -2.91. The Balaban J connectivity index is 1.58. The van der Waals surface area contributed by atoms with Crippen molar-refractivity contribution in [1.29, 1.82) is 0 Å². The van der Waals surface area contributed by atoms with Crippen molar-refractivity contribution in [1.82, 2.24) is 9.99 Å². The third-order valence-corrected chi connectivity index (χ3v) is 6.91. The highest BCUT2D eigenvalue weighted by Gasteiger charge is 2.16. The number of benzene rings is 2. The van der Waals surface area contributed by atoms with Gasteiger partial charge in [-0.1, -0.05) is 24.3 Å². The lowest BCUT2D eigenvalue weighted by Gasteiger charge is -2.10. The molecular formula is C23H23BrN4O3S. The van der Waals surface area contributed by atoms with Gasteiger partial charge in [-0.3, -0.25) is 14.9 Å². The number of aromatic nitrogens is 1. The predicted octanol–water partition coefficient (Wildman–Crippen LogP) is 5.46. The van der Waals surface area contributed by atoms with Crippen molar-refractivity contribution in [2.75, 3.05) is 5.75 Å². The summed E-state index contributed by atoms with van der Waals surface area (Å²) in [7, 11) is 0. The molecule has 1 amide bonds. The van der Waals surface area contributed by atoms with E-state index in [1.165, 1.54) is 29.5 Å². The van der Waals surface area contributed by atoms with Gasteiger partial charge in [-0.15, -0.1) is 11.8 Å². The van der Waals surface area contributed by atoms with E-state index in [0.717, 1.165) is 32.7 Å². The number of hydrogen-bond donors (Lipinski definition) is 1. The largest absolute Gasteiger partial charge is 0.317 e. The van der Waals surface area contributed by atoms with E-state index in [9.17, 15) is 14.9 Å². The fourth-order valence-electron chi connectivity index (χ4n) is 3.30. The number of nitrogens with zero attached hydrogens (tertiary/aromatic N) is 3. The summed E-state index contributed by atoms with van der Waals surface area (Å²) < 4.78 is 3.09. The highest BCUT2D eigenvalue weighted by atomic mass is 79.9. The van der Waals surface area contributed by atoms with E-state index < -0.39 is 4.92 Å². The lowest BCUT2D eigenvalue weighted by molar-refractivity contribution is -0.384. The van der Waals surface area contributed by atoms with Crippen LogP contribution in [0.4, 0.5) is 5.69 Å². The van der Waals surface area contributed by atoms with Crippen LogP contribution in [-0.4, -0.2) is 27.4 Å². The molecule has 3 aromatic rings. The van der Waals surface area contributed by atoms with Crippen LogP contribution in [0.3, 0.4) is 0 Å². The number of nitro benzene ring substituents is 1. The number of amides is 1. The van der Waals surface area contributed by atoms with Crippen LogP contribution in [0.1, 0.15) is 28.1 Å². The smallest absolute Gasteiger partial charge is 0.269 e. The topological polar surface area (TPSA) is 89.5 Å². The fourth-order valence-corrected chi connectivity index (χ4v) is 4.65. The molecule has 0 saturated heterocycles. The average molecular weight is 515 g/mol. The molecule has 1 heterocycles. The van der Waals surface area contributed by atoms with Gasteiger partial charge in [0.1, 0.15) is 0 Å². The minimum atomic E-state index is -0.432. The maximum absolute atomic E-state index is 12.1. The molecule has 0 spiro atoms. The number of rotatable bonds is 8. The van der Waals surface area contributed by atoms with Gasteiger partial charge >= 0.3 is 0 Å². The number of non-ortho nitro benzene ring substituents is 1. The molecule has 0 saturated carbocycles. The Bertz CT molecular complexity index is 1170. The first-order valence-corrected chi connectivity index (χ1v) is 11.8. The molecule has 0 bridgehead atoms. The minimum Gasteiger partial charge on any atom is -0.317 e. The number of thioether (sulfide) groups is 1. The van der Waals surface area contributed by atoms with E-state index in [2.05, 4.69) is 56.1 Å². The lowest BCUT2D eigenvalue weighted by Crippen LogP contribution is -2.19. The van der Waals surface area contributed by atoms with Gasteiger partial charge in [0, 0.05) is 45.0 Å². The molecule has 1 N–H and O–H groups in total. The number of nitrogens with one attached hydrogen (secondary N) is 1. The maximum atomic E-state index is 12.1. The molecule has 0 aliphatic rings. The summed E-state index contributed by atoms with van der Waals surface area (Å²) in [4.78, 5) is 22.4. The lowest BCUT2D eigenvalue weighted by atomic mass is 10.2. The summed E-state index contributed by atoms with van der Waals surface area (Å²) in [6.45, 7) is 6.11. The van der Waals surface area contributed by atoms with Crippen LogP contribution in [0.25, 0.3) is 5.69 Å². The van der Waals surface area contributed by atoms with Crippen molar-refractivity contribution in [3.63, 3.8) is 0 Å². The predicted molar refractivity (Wildman–Crippen MR) is 133 cm³/mol. The van der Waals surface area contributed by atoms with Gasteiger partial charge < -0.3 is 4.57 Å². The second kappa shape index (κ2) is 10.6. The minimum absolute atomic E-state index is 0.0544. The molecule has 0 radical (unpaired) electrons. The fraction of sp³-hybridized carbons (Fsp3) is 0.217. The van der Waals surface area contributed by atoms with E-state index in [0.29, 0.717) is 5.75 Å². The van der Waals surface area contributed by atoms with Gasteiger partial charge in [-0.05, 0) is 60.0 Å². The SMILES string of the molecule is Cc1cccc(-n2c(C)c(Br)c(/C=N\NC(=O)CSCc3ccc([N+](=O)[O-])cc3)c2C)c1. The number of halogens is 1. The molecule has 166 valence electrons. The number of carbonyl (C=O) groups is 1. The molecule has 0 unspecified atom stereocenters. The van der Waals surface area contributed by atoms with Crippen LogP contribution < -0.4 is 5.43 Å². The van der Waals surface area contributed by atoms with Crippen LogP contribution in [0.5, 0.6) is 0 Å². The normalized spacial score (nSPS) is 11.1. The standard InChI is InChI=1S/C23H23BrN4O3S/c1-15-5-4-6-20(11-15)27-16(2)21(23(24)17(27)3)12-25-26-22(29)14-32-13-18-7-9-19(10-8-18)28(30)31/h4-12H,13-14H2,1-3H3,(H,26,29)/b25-12-. The third kappa shape index (κ3) is 5.66. The second-order valence-corrected chi connectivity index (χ2v) is 9.06. The van der Waals surface area contributed by atoms with E-state index in [-0.39, 0.29) is 17.3 Å². The molecule has 0 atom stereocenters. The number of hydrogen-bond acceptors (Lipinski definition) is 5. The quantitative estimate of drug-likeness (QED) is 0.245. The highest BCUT2D eigenvalue weighted by molar-refractivity contribution is 9.10. The first-order valence-electron chi connectivity index (χ1n) is 9.85. The van der Waals surface area contributed by atoms with Gasteiger partial charge in [0.25, 0.3) is 5.69 Å². The Morgan fingerprint density at radius 1 is 1.19 bits per heavy atom. The zero-order chi connectivity index (χ0) is 23.3. The molecule has 0 fully saturated rings. The van der Waals surface area contributed by atoms with Crippen LogP contribution in [0, 0.1) is 30.9 Å². The number of aryl methyl sites for hydroxylation is 1. The molecule has 2 aromatic carbocycles. The summed E-state index contributed by atoms with van der Waals surface area (Å²) in [5.41, 5.74) is 8.77. The zero-order valence-corrected chi connectivity index (χ0v) is 20.4. The average Bonchev–Trinajstić information content (AvgIpc) is 2.97. The van der Waals surface area contributed by atoms with Gasteiger partial charge in [0.05, 0.1) is 16.9 Å². The van der Waals surface area contributed by atoms with Crippen molar-refractivity contribution in [3.8, 4) is 5.69 Å². The first-order chi connectivity index (χ1) is 15.3.